The second kappa shape index (κ2) is 28.0. The Hall–Kier alpha value is -1.28. The molecule has 0 heterocycles. The highest BCUT2D eigenvalue weighted by Gasteiger charge is 2.28. The van der Waals surface area contributed by atoms with Gasteiger partial charge in [-0.3, -0.25) is 13.8 Å². The van der Waals surface area contributed by atoms with Crippen LogP contribution in [0.15, 0.2) is 36.5 Å². The third-order valence-corrected chi connectivity index (χ3v) is 8.38. The summed E-state index contributed by atoms with van der Waals surface area (Å²) >= 11 is 0. The Morgan fingerprint density at radius 2 is 1.30 bits per heavy atom. The Balaban J connectivity index is 4.17. The first-order valence-corrected chi connectivity index (χ1v) is 18.8. The number of hydrogen-bond donors (Lipinski definition) is 3. The Morgan fingerprint density at radius 1 is 0.773 bits per heavy atom. The molecule has 258 valence electrons. The minimum Gasteiger partial charge on any atom is -0.391 e. The lowest BCUT2D eigenvalue weighted by molar-refractivity contribution is -0.870. The monoisotopic (exact) mass is 643 g/mol. The summed E-state index contributed by atoms with van der Waals surface area (Å²) in [6.07, 6.45) is 31.0. The molecule has 0 aliphatic carbocycles. The van der Waals surface area contributed by atoms with Crippen molar-refractivity contribution in [2.45, 2.75) is 142 Å². The third-order valence-electron chi connectivity index (χ3n) is 7.39. The van der Waals surface area contributed by atoms with Crippen molar-refractivity contribution >= 4 is 13.7 Å². The molecule has 0 aliphatic heterocycles. The minimum atomic E-state index is -4.29. The fraction of sp³-hybridized carbons (Fsp3) is 0.800. The summed E-state index contributed by atoms with van der Waals surface area (Å²) < 4.78 is 23.2. The fourth-order valence-corrected chi connectivity index (χ4v) is 5.26. The van der Waals surface area contributed by atoms with Crippen molar-refractivity contribution in [2.75, 3.05) is 40.9 Å². The average molecular weight is 644 g/mol. The SMILES string of the molecule is CCCCC/C=C\C/C=C\C/C=C\CCCCCCCCC(=O)NC(COP(=O)(O)OCC[N+](C)(C)C)C(O)CCCCC. The number of carbonyl (C=O) groups excluding carboxylic acids is 1. The van der Waals surface area contributed by atoms with Crippen molar-refractivity contribution in [3.8, 4) is 0 Å². The number of unbranched alkanes of at least 4 members (excludes halogenated alkanes) is 11. The molecule has 0 saturated heterocycles. The van der Waals surface area contributed by atoms with Crippen LogP contribution in [0, 0.1) is 0 Å². The first kappa shape index (κ1) is 42.7. The van der Waals surface area contributed by atoms with Gasteiger partial charge in [-0.05, 0) is 51.4 Å². The molecule has 0 spiro atoms. The Bertz CT molecular complexity index is 825. The number of nitrogens with zero attached hydrogens (tertiary/aromatic N) is 1. The summed E-state index contributed by atoms with van der Waals surface area (Å²) in [5, 5.41) is 13.5. The molecule has 0 saturated carbocycles. The lowest BCUT2D eigenvalue weighted by atomic mass is 10.0. The summed E-state index contributed by atoms with van der Waals surface area (Å²) in [6.45, 7) is 4.65. The van der Waals surface area contributed by atoms with Crippen LogP contribution in [0.4, 0.5) is 0 Å². The molecule has 3 N–H and O–H groups in total. The third kappa shape index (κ3) is 29.4. The molecule has 0 aliphatic rings. The quantitative estimate of drug-likeness (QED) is 0.0314. The molecule has 0 aromatic rings. The van der Waals surface area contributed by atoms with E-state index >= 15 is 0 Å². The van der Waals surface area contributed by atoms with Crippen molar-refractivity contribution < 1.29 is 32.9 Å². The second-order valence-corrected chi connectivity index (χ2v) is 14.3. The number of aliphatic hydroxyl groups is 1. The number of phosphoric acid groups is 1. The molecular formula is C35H68N2O6P+. The summed E-state index contributed by atoms with van der Waals surface area (Å²) in [5.41, 5.74) is 0. The van der Waals surface area contributed by atoms with Crippen LogP contribution >= 0.6 is 7.82 Å². The predicted molar refractivity (Wildman–Crippen MR) is 184 cm³/mol. The van der Waals surface area contributed by atoms with E-state index in [1.165, 1.54) is 38.5 Å². The van der Waals surface area contributed by atoms with Gasteiger partial charge in [0.1, 0.15) is 13.2 Å². The van der Waals surface area contributed by atoms with E-state index in [1.54, 1.807) is 0 Å². The van der Waals surface area contributed by atoms with Crippen LogP contribution in [-0.4, -0.2) is 73.4 Å². The van der Waals surface area contributed by atoms with Crippen LogP contribution in [0.5, 0.6) is 0 Å². The molecule has 8 nitrogen and oxygen atoms in total. The maximum absolute atomic E-state index is 12.6. The van der Waals surface area contributed by atoms with E-state index < -0.39 is 20.0 Å². The number of quaternary nitrogens is 1. The first-order chi connectivity index (χ1) is 21.0. The van der Waals surface area contributed by atoms with Gasteiger partial charge in [0.15, 0.2) is 0 Å². The van der Waals surface area contributed by atoms with Gasteiger partial charge >= 0.3 is 7.82 Å². The normalized spacial score (nSPS) is 15.3. The molecular weight excluding hydrogens is 575 g/mol. The van der Waals surface area contributed by atoms with E-state index in [1.807, 2.05) is 21.1 Å². The Labute approximate surface area is 270 Å². The number of carbonyl (C=O) groups is 1. The number of rotatable bonds is 30. The Kier molecular flexibility index (Phi) is 27.2. The first-order valence-electron chi connectivity index (χ1n) is 17.4. The molecule has 3 unspecified atom stereocenters. The maximum atomic E-state index is 12.6. The van der Waals surface area contributed by atoms with Gasteiger partial charge < -0.3 is 19.8 Å². The van der Waals surface area contributed by atoms with Gasteiger partial charge in [0.2, 0.25) is 5.91 Å². The lowest BCUT2D eigenvalue weighted by Crippen LogP contribution is -2.46. The molecule has 0 aromatic carbocycles. The second-order valence-electron chi connectivity index (χ2n) is 12.9. The minimum absolute atomic E-state index is 0.0687. The molecule has 3 atom stereocenters. The molecule has 0 rings (SSSR count). The zero-order chi connectivity index (χ0) is 32.9. The Morgan fingerprint density at radius 3 is 1.89 bits per heavy atom. The number of amides is 1. The van der Waals surface area contributed by atoms with Crippen molar-refractivity contribution in [3.63, 3.8) is 0 Å². The van der Waals surface area contributed by atoms with Crippen molar-refractivity contribution in [2.24, 2.45) is 0 Å². The van der Waals surface area contributed by atoms with Crippen molar-refractivity contribution in [1.29, 1.82) is 0 Å². The van der Waals surface area contributed by atoms with Crippen molar-refractivity contribution in [3.05, 3.63) is 36.5 Å². The van der Waals surface area contributed by atoms with Gasteiger partial charge in [0.05, 0.1) is 39.9 Å². The zero-order valence-corrected chi connectivity index (χ0v) is 29.8. The van der Waals surface area contributed by atoms with Gasteiger partial charge in [0.25, 0.3) is 0 Å². The number of nitrogens with one attached hydrogen (secondary N) is 1. The summed E-state index contributed by atoms with van der Waals surface area (Å²) in [5.74, 6) is -0.172. The number of aliphatic hydroxyl groups excluding tert-OH is 1. The standard InChI is InChI=1S/C35H67N2O6P/c1-6-8-10-11-12-13-14-15-16-17-18-19-20-21-22-23-24-25-27-29-35(39)36-33(34(38)28-26-9-7-2)32-43-44(40,41)42-31-30-37(3,4)5/h12-13,15-16,18-19,33-34,38H,6-11,14,17,20-32H2,1-5H3,(H-,36,39,40,41)/p+1/b13-12-,16-15-,19-18-. The van der Waals surface area contributed by atoms with E-state index in [-0.39, 0.29) is 19.1 Å². The van der Waals surface area contributed by atoms with Crippen LogP contribution in [0.3, 0.4) is 0 Å². The highest BCUT2D eigenvalue weighted by atomic mass is 31.2. The number of allylic oxidation sites excluding steroid dienone is 6. The smallest absolute Gasteiger partial charge is 0.391 e. The summed E-state index contributed by atoms with van der Waals surface area (Å²) in [6, 6.07) is -0.762. The fourth-order valence-electron chi connectivity index (χ4n) is 4.52. The van der Waals surface area contributed by atoms with Gasteiger partial charge in [-0.15, -0.1) is 0 Å². The van der Waals surface area contributed by atoms with Crippen molar-refractivity contribution in [1.82, 2.24) is 5.32 Å². The van der Waals surface area contributed by atoms with Crippen LogP contribution in [0.1, 0.15) is 129 Å². The molecule has 1 amide bonds. The number of hydrogen-bond acceptors (Lipinski definition) is 5. The maximum Gasteiger partial charge on any atom is 0.472 e. The van der Waals surface area contributed by atoms with Crippen LogP contribution in [-0.2, 0) is 18.4 Å². The molecule has 0 bridgehead atoms. The van der Waals surface area contributed by atoms with E-state index in [2.05, 4.69) is 55.6 Å². The molecule has 9 heteroatoms. The van der Waals surface area contributed by atoms with Gasteiger partial charge in [-0.25, -0.2) is 4.57 Å². The average Bonchev–Trinajstić information content (AvgIpc) is 2.95. The van der Waals surface area contributed by atoms with Crippen LogP contribution in [0.25, 0.3) is 0 Å². The van der Waals surface area contributed by atoms with Gasteiger partial charge in [0, 0.05) is 6.42 Å². The molecule has 0 radical (unpaired) electrons. The summed E-state index contributed by atoms with van der Waals surface area (Å²) in [4.78, 5) is 22.7. The van der Waals surface area contributed by atoms with E-state index in [0.29, 0.717) is 23.9 Å². The summed E-state index contributed by atoms with van der Waals surface area (Å²) in [7, 11) is 1.59. The lowest BCUT2D eigenvalue weighted by Gasteiger charge is -2.26. The van der Waals surface area contributed by atoms with E-state index in [0.717, 1.165) is 64.2 Å². The molecule has 0 aromatic heterocycles. The predicted octanol–water partition coefficient (Wildman–Crippen LogP) is 8.40. The topological polar surface area (TPSA) is 105 Å². The van der Waals surface area contributed by atoms with E-state index in [9.17, 15) is 19.4 Å². The largest absolute Gasteiger partial charge is 0.472 e. The molecule has 44 heavy (non-hydrogen) atoms. The van der Waals surface area contributed by atoms with E-state index in [4.69, 9.17) is 9.05 Å². The van der Waals surface area contributed by atoms with Gasteiger partial charge in [-0.2, -0.15) is 0 Å². The highest BCUT2D eigenvalue weighted by Crippen LogP contribution is 2.43. The van der Waals surface area contributed by atoms with Crippen LogP contribution < -0.4 is 5.32 Å². The van der Waals surface area contributed by atoms with Crippen LogP contribution in [0.2, 0.25) is 0 Å². The zero-order valence-electron chi connectivity index (χ0n) is 28.9. The number of likely N-dealkylation sites (N-methyl/N-ethyl adjacent to an activating group) is 1. The van der Waals surface area contributed by atoms with Gasteiger partial charge in [-0.1, -0.05) is 108 Å². The molecule has 0 fully saturated rings. The number of phosphoric ester groups is 1. The highest BCUT2D eigenvalue weighted by molar-refractivity contribution is 7.47.